The molecule has 30 heavy (non-hydrogen) atoms. The summed E-state index contributed by atoms with van der Waals surface area (Å²) < 4.78 is 9.42. The van der Waals surface area contributed by atoms with E-state index in [1.807, 2.05) is 49.6 Å². The van der Waals surface area contributed by atoms with Crippen molar-refractivity contribution in [1.82, 2.24) is 25.0 Å². The van der Waals surface area contributed by atoms with Gasteiger partial charge in [-0.25, -0.2) is 14.5 Å². The molecule has 3 rings (SSSR count). The first-order valence-corrected chi connectivity index (χ1v) is 11.0. The molecule has 0 fully saturated rings. The zero-order valence-electron chi connectivity index (χ0n) is 18.4. The maximum Gasteiger partial charge on any atom is 0.345 e. The Morgan fingerprint density at radius 1 is 1.30 bits per heavy atom. The number of hydrogen-bond acceptors (Lipinski definition) is 4. The number of hydrogen-bond donors (Lipinski definition) is 2. The van der Waals surface area contributed by atoms with Crippen molar-refractivity contribution in [3.63, 3.8) is 0 Å². The average Bonchev–Trinajstić information content (AvgIpc) is 3.07. The highest BCUT2D eigenvalue weighted by atomic mass is 16.5. The van der Waals surface area contributed by atoms with Gasteiger partial charge in [0.2, 0.25) is 0 Å². The molecule has 1 atom stereocenters. The number of fused-ring (bicyclic) bond motifs is 1. The Hall–Kier alpha value is -2.77. The molecule has 0 bridgehead atoms. The van der Waals surface area contributed by atoms with Crippen molar-refractivity contribution < 1.29 is 4.74 Å². The third kappa shape index (κ3) is 5.87. The van der Waals surface area contributed by atoms with Crippen molar-refractivity contribution in [2.24, 2.45) is 4.99 Å². The first kappa shape index (κ1) is 21.9. The van der Waals surface area contributed by atoms with Crippen molar-refractivity contribution in [2.45, 2.75) is 65.6 Å². The summed E-state index contributed by atoms with van der Waals surface area (Å²) in [6.45, 7) is 9.56. The second-order valence-corrected chi connectivity index (χ2v) is 7.72. The van der Waals surface area contributed by atoms with E-state index >= 15 is 0 Å². The summed E-state index contributed by atoms with van der Waals surface area (Å²) in [5, 5.41) is 11.1. The molecule has 8 heteroatoms. The summed E-state index contributed by atoms with van der Waals surface area (Å²) in [5.41, 5.74) is 1.14. The highest BCUT2D eigenvalue weighted by Gasteiger charge is 2.16. The van der Waals surface area contributed by atoms with Crippen LogP contribution < -0.4 is 21.1 Å². The first-order chi connectivity index (χ1) is 14.6. The molecule has 1 aromatic carbocycles. The molecule has 0 spiro atoms. The highest BCUT2D eigenvalue weighted by molar-refractivity contribution is 5.79. The van der Waals surface area contributed by atoms with E-state index in [9.17, 15) is 4.79 Å². The monoisotopic (exact) mass is 414 g/mol. The molecule has 1 aliphatic heterocycles. The standard InChI is InChI=1S/C22H34N6O2/c1-4-23-21(25-16-18(3)30-19-11-6-5-10-17(19)2)24-13-9-15-28-22(29)27-14-8-7-12-20(27)26-28/h5-6,10-11,18H,4,7-9,12-16H2,1-3H3,(H2,23,24,25). The van der Waals surface area contributed by atoms with Crippen molar-refractivity contribution in [3.05, 3.63) is 46.1 Å². The van der Waals surface area contributed by atoms with Gasteiger partial charge in [-0.15, -0.1) is 0 Å². The Morgan fingerprint density at radius 2 is 2.13 bits per heavy atom. The lowest BCUT2D eigenvalue weighted by Gasteiger charge is -2.16. The molecule has 1 aromatic heterocycles. The van der Waals surface area contributed by atoms with E-state index in [1.165, 1.54) is 0 Å². The highest BCUT2D eigenvalue weighted by Crippen LogP contribution is 2.17. The first-order valence-electron chi connectivity index (χ1n) is 11.0. The van der Waals surface area contributed by atoms with Crippen molar-refractivity contribution in [3.8, 4) is 5.75 Å². The lowest BCUT2D eigenvalue weighted by Crippen LogP contribution is -2.39. The molecule has 1 aliphatic rings. The number of nitrogens with zero attached hydrogens (tertiary/aromatic N) is 4. The van der Waals surface area contributed by atoms with Crippen LogP contribution in [0.3, 0.4) is 0 Å². The third-order valence-corrected chi connectivity index (χ3v) is 5.14. The normalized spacial score (nSPS) is 14.8. The number of aromatic nitrogens is 3. The fraction of sp³-hybridized carbons (Fsp3) is 0.591. The van der Waals surface area contributed by atoms with Crippen LogP contribution in [0.2, 0.25) is 0 Å². The number of nitrogens with one attached hydrogen (secondary N) is 2. The smallest absolute Gasteiger partial charge is 0.345 e. The molecule has 164 valence electrons. The molecule has 0 aliphatic carbocycles. The summed E-state index contributed by atoms with van der Waals surface area (Å²) in [6, 6.07) is 8.00. The van der Waals surface area contributed by atoms with Gasteiger partial charge < -0.3 is 15.4 Å². The Morgan fingerprint density at radius 3 is 2.90 bits per heavy atom. The summed E-state index contributed by atoms with van der Waals surface area (Å²) in [7, 11) is 0. The molecule has 0 saturated carbocycles. The molecule has 2 heterocycles. The Bertz CT molecular complexity index is 901. The van der Waals surface area contributed by atoms with Crippen LogP contribution in [0.25, 0.3) is 0 Å². The topological polar surface area (TPSA) is 85.5 Å². The van der Waals surface area contributed by atoms with E-state index in [4.69, 9.17) is 4.74 Å². The van der Waals surface area contributed by atoms with E-state index in [0.717, 1.165) is 61.9 Å². The van der Waals surface area contributed by atoms with Gasteiger partial charge in [0.15, 0.2) is 5.96 Å². The summed E-state index contributed by atoms with van der Waals surface area (Å²) in [5.74, 6) is 2.58. The van der Waals surface area contributed by atoms with Crippen LogP contribution >= 0.6 is 0 Å². The quantitative estimate of drug-likeness (QED) is 0.373. The number of benzene rings is 1. The molecular formula is C22H34N6O2. The van der Waals surface area contributed by atoms with Crippen LogP contribution in [-0.2, 0) is 19.5 Å². The van der Waals surface area contributed by atoms with Crippen LogP contribution in [0.5, 0.6) is 5.75 Å². The lowest BCUT2D eigenvalue weighted by molar-refractivity contribution is 0.228. The predicted molar refractivity (Wildman–Crippen MR) is 119 cm³/mol. The van der Waals surface area contributed by atoms with E-state index in [-0.39, 0.29) is 11.8 Å². The van der Waals surface area contributed by atoms with Gasteiger partial charge in [-0.3, -0.25) is 4.57 Å². The number of aryl methyl sites for hydroxylation is 3. The Labute approximate surface area is 178 Å². The van der Waals surface area contributed by atoms with Crippen LogP contribution in [0.15, 0.2) is 34.1 Å². The lowest BCUT2D eigenvalue weighted by atomic mass is 10.2. The molecule has 0 radical (unpaired) electrons. The second kappa shape index (κ2) is 10.8. The molecule has 0 amide bonds. The van der Waals surface area contributed by atoms with Gasteiger partial charge in [-0.05, 0) is 51.7 Å². The van der Waals surface area contributed by atoms with E-state index < -0.39 is 0 Å². The largest absolute Gasteiger partial charge is 0.489 e. The Balaban J connectivity index is 1.46. The fourth-order valence-electron chi connectivity index (χ4n) is 3.53. The maximum atomic E-state index is 12.4. The summed E-state index contributed by atoms with van der Waals surface area (Å²) in [4.78, 5) is 17.0. The fourth-order valence-corrected chi connectivity index (χ4v) is 3.53. The van der Waals surface area contributed by atoms with Crippen molar-refractivity contribution in [2.75, 3.05) is 19.6 Å². The molecule has 2 aromatic rings. The van der Waals surface area contributed by atoms with Gasteiger partial charge in [0.05, 0.1) is 6.54 Å². The average molecular weight is 415 g/mol. The minimum absolute atomic E-state index is 0.0208. The van der Waals surface area contributed by atoms with Crippen molar-refractivity contribution in [1.29, 1.82) is 0 Å². The predicted octanol–water partition coefficient (Wildman–Crippen LogP) is 2.10. The van der Waals surface area contributed by atoms with Crippen molar-refractivity contribution >= 4 is 5.96 Å². The number of rotatable bonds is 9. The van der Waals surface area contributed by atoms with Gasteiger partial charge in [-0.2, -0.15) is 5.10 Å². The zero-order valence-corrected chi connectivity index (χ0v) is 18.4. The third-order valence-electron chi connectivity index (χ3n) is 5.14. The minimum Gasteiger partial charge on any atom is -0.489 e. The van der Waals surface area contributed by atoms with Gasteiger partial charge >= 0.3 is 5.69 Å². The van der Waals surface area contributed by atoms with E-state index in [2.05, 4.69) is 20.7 Å². The van der Waals surface area contributed by atoms with Gasteiger partial charge in [0.25, 0.3) is 0 Å². The summed E-state index contributed by atoms with van der Waals surface area (Å²) >= 11 is 0. The van der Waals surface area contributed by atoms with E-state index in [1.54, 1.807) is 4.68 Å². The molecular weight excluding hydrogens is 380 g/mol. The number of aliphatic imine (C=N–C) groups is 1. The van der Waals surface area contributed by atoms with Crippen LogP contribution in [0.1, 0.15) is 44.5 Å². The maximum absolute atomic E-state index is 12.4. The number of guanidine groups is 1. The molecule has 1 unspecified atom stereocenters. The minimum atomic E-state index is -0.0306. The Kier molecular flexibility index (Phi) is 7.93. The van der Waals surface area contributed by atoms with Gasteiger partial charge in [0, 0.05) is 32.6 Å². The van der Waals surface area contributed by atoms with Crippen LogP contribution in [0.4, 0.5) is 0 Å². The number of para-hydroxylation sites is 1. The molecule has 0 saturated heterocycles. The van der Waals surface area contributed by atoms with E-state index in [0.29, 0.717) is 19.6 Å². The molecule has 2 N–H and O–H groups in total. The van der Waals surface area contributed by atoms with Crippen LogP contribution in [-0.4, -0.2) is 46.0 Å². The SMILES string of the molecule is CCNC(=NCC(C)Oc1ccccc1C)NCCCn1nc2n(c1=O)CCCC2. The molecule has 8 nitrogen and oxygen atoms in total. The van der Waals surface area contributed by atoms with Gasteiger partial charge in [-0.1, -0.05) is 18.2 Å². The van der Waals surface area contributed by atoms with Crippen LogP contribution in [0, 0.1) is 6.92 Å². The van der Waals surface area contributed by atoms with Gasteiger partial charge in [0.1, 0.15) is 17.7 Å². The zero-order chi connectivity index (χ0) is 21.3. The number of ether oxygens (including phenoxy) is 1. The summed E-state index contributed by atoms with van der Waals surface area (Å²) in [6.07, 6.45) is 3.86. The second-order valence-electron chi connectivity index (χ2n) is 7.72.